The van der Waals surface area contributed by atoms with Crippen molar-refractivity contribution in [1.29, 1.82) is 0 Å². The van der Waals surface area contributed by atoms with Crippen LogP contribution < -0.4 is 15.4 Å². The van der Waals surface area contributed by atoms with Crippen LogP contribution in [0.1, 0.15) is 13.3 Å². The summed E-state index contributed by atoms with van der Waals surface area (Å²) in [4.78, 5) is 15.8. The van der Waals surface area contributed by atoms with Gasteiger partial charge in [0, 0.05) is 25.8 Å². The van der Waals surface area contributed by atoms with Crippen molar-refractivity contribution in [3.8, 4) is 5.75 Å². The van der Waals surface area contributed by atoms with Crippen LogP contribution in [-0.2, 0) is 4.79 Å². The molecule has 0 aliphatic carbocycles. The SMILES string of the molecule is CCN(C)C(=O)CN(CCCN)c1ccc(OC)cc1. The van der Waals surface area contributed by atoms with Gasteiger partial charge >= 0.3 is 0 Å². The summed E-state index contributed by atoms with van der Waals surface area (Å²) in [6.07, 6.45) is 0.856. The lowest BCUT2D eigenvalue weighted by Gasteiger charge is -2.26. The summed E-state index contributed by atoms with van der Waals surface area (Å²) in [6.45, 7) is 4.44. The van der Waals surface area contributed by atoms with E-state index in [0.717, 1.165) is 24.4 Å². The number of carbonyl (C=O) groups excluding carboxylic acids is 1. The molecule has 0 atom stereocenters. The average Bonchev–Trinajstić information content (AvgIpc) is 2.50. The molecule has 0 aliphatic rings. The van der Waals surface area contributed by atoms with Crippen LogP contribution >= 0.6 is 0 Å². The van der Waals surface area contributed by atoms with Gasteiger partial charge in [0.1, 0.15) is 5.75 Å². The third-order valence-electron chi connectivity index (χ3n) is 3.30. The maximum atomic E-state index is 12.1. The molecule has 0 aromatic heterocycles. The van der Waals surface area contributed by atoms with Gasteiger partial charge in [0.15, 0.2) is 0 Å². The Morgan fingerprint density at radius 3 is 2.45 bits per heavy atom. The quantitative estimate of drug-likeness (QED) is 0.780. The van der Waals surface area contributed by atoms with E-state index in [4.69, 9.17) is 10.5 Å². The van der Waals surface area contributed by atoms with Gasteiger partial charge in [-0.05, 0) is 44.2 Å². The first-order valence-corrected chi connectivity index (χ1v) is 6.95. The van der Waals surface area contributed by atoms with Gasteiger partial charge in [0.05, 0.1) is 13.7 Å². The van der Waals surface area contributed by atoms with Gasteiger partial charge in [-0.1, -0.05) is 0 Å². The number of anilines is 1. The van der Waals surface area contributed by atoms with Crippen LogP contribution in [0.5, 0.6) is 5.75 Å². The standard InChI is InChI=1S/C15H25N3O2/c1-4-17(2)15(19)12-18(11-5-10-16)13-6-8-14(20-3)9-7-13/h6-9H,4-5,10-12,16H2,1-3H3. The Kier molecular flexibility index (Phi) is 6.87. The highest BCUT2D eigenvalue weighted by molar-refractivity contribution is 5.81. The van der Waals surface area contributed by atoms with Gasteiger partial charge in [0.25, 0.3) is 0 Å². The highest BCUT2D eigenvalue weighted by Crippen LogP contribution is 2.19. The van der Waals surface area contributed by atoms with Crippen molar-refractivity contribution in [1.82, 2.24) is 4.90 Å². The van der Waals surface area contributed by atoms with E-state index in [2.05, 4.69) is 4.90 Å². The highest BCUT2D eigenvalue weighted by atomic mass is 16.5. The Bertz CT molecular complexity index is 406. The summed E-state index contributed by atoms with van der Waals surface area (Å²) in [7, 11) is 3.46. The Morgan fingerprint density at radius 1 is 1.30 bits per heavy atom. The van der Waals surface area contributed by atoms with E-state index in [-0.39, 0.29) is 5.91 Å². The van der Waals surface area contributed by atoms with E-state index < -0.39 is 0 Å². The van der Waals surface area contributed by atoms with Gasteiger partial charge in [-0.2, -0.15) is 0 Å². The van der Waals surface area contributed by atoms with E-state index >= 15 is 0 Å². The Morgan fingerprint density at radius 2 is 1.95 bits per heavy atom. The molecule has 0 aliphatic heterocycles. The van der Waals surface area contributed by atoms with E-state index in [9.17, 15) is 4.79 Å². The molecule has 1 rings (SSSR count). The molecule has 112 valence electrons. The lowest BCUT2D eigenvalue weighted by atomic mass is 10.2. The third kappa shape index (κ3) is 4.74. The van der Waals surface area contributed by atoms with E-state index in [0.29, 0.717) is 19.6 Å². The fourth-order valence-electron chi connectivity index (χ4n) is 1.83. The molecule has 2 N–H and O–H groups in total. The second kappa shape index (κ2) is 8.43. The number of hydrogen-bond donors (Lipinski definition) is 1. The van der Waals surface area contributed by atoms with Crippen LogP contribution in [0.25, 0.3) is 0 Å². The number of methoxy groups -OCH3 is 1. The summed E-state index contributed by atoms with van der Waals surface area (Å²) >= 11 is 0. The Balaban J connectivity index is 2.78. The van der Waals surface area contributed by atoms with Crippen molar-refractivity contribution in [2.75, 3.05) is 45.2 Å². The predicted molar refractivity (Wildman–Crippen MR) is 82.2 cm³/mol. The lowest BCUT2D eigenvalue weighted by molar-refractivity contribution is -0.128. The second-order valence-corrected chi connectivity index (χ2v) is 4.67. The summed E-state index contributed by atoms with van der Waals surface area (Å²) in [5.74, 6) is 0.921. The van der Waals surface area contributed by atoms with Crippen molar-refractivity contribution in [3.05, 3.63) is 24.3 Å². The number of nitrogens with zero attached hydrogens (tertiary/aromatic N) is 2. The minimum atomic E-state index is 0.111. The number of benzene rings is 1. The molecular formula is C15H25N3O2. The molecule has 0 fully saturated rings. The van der Waals surface area contributed by atoms with Crippen LogP contribution in [-0.4, -0.2) is 51.1 Å². The summed E-state index contributed by atoms with van der Waals surface area (Å²) < 4.78 is 5.15. The zero-order valence-electron chi connectivity index (χ0n) is 12.6. The molecule has 0 saturated heterocycles. The molecule has 0 spiro atoms. The van der Waals surface area contributed by atoms with Crippen LogP contribution in [0.4, 0.5) is 5.69 Å². The topological polar surface area (TPSA) is 58.8 Å². The first-order valence-electron chi connectivity index (χ1n) is 6.95. The first kappa shape index (κ1) is 16.3. The highest BCUT2D eigenvalue weighted by Gasteiger charge is 2.14. The molecule has 20 heavy (non-hydrogen) atoms. The van der Waals surface area contributed by atoms with Gasteiger partial charge < -0.3 is 20.3 Å². The maximum Gasteiger partial charge on any atom is 0.241 e. The molecule has 1 aromatic rings. The number of amides is 1. The molecular weight excluding hydrogens is 254 g/mol. The second-order valence-electron chi connectivity index (χ2n) is 4.67. The number of rotatable bonds is 8. The molecule has 5 nitrogen and oxygen atoms in total. The average molecular weight is 279 g/mol. The van der Waals surface area contributed by atoms with Crippen LogP contribution in [0.2, 0.25) is 0 Å². The van der Waals surface area contributed by atoms with Crippen molar-refractivity contribution >= 4 is 11.6 Å². The molecule has 0 bridgehead atoms. The number of nitrogens with two attached hydrogens (primary N) is 1. The minimum Gasteiger partial charge on any atom is -0.497 e. The molecule has 0 heterocycles. The number of ether oxygens (including phenoxy) is 1. The largest absolute Gasteiger partial charge is 0.497 e. The van der Waals surface area contributed by atoms with Gasteiger partial charge in [0.2, 0.25) is 5.91 Å². The molecule has 0 radical (unpaired) electrons. The number of carbonyl (C=O) groups is 1. The van der Waals surface area contributed by atoms with Gasteiger partial charge in [-0.3, -0.25) is 4.79 Å². The zero-order valence-corrected chi connectivity index (χ0v) is 12.6. The number of hydrogen-bond acceptors (Lipinski definition) is 4. The lowest BCUT2D eigenvalue weighted by Crippen LogP contribution is -2.39. The van der Waals surface area contributed by atoms with Crippen molar-refractivity contribution in [2.24, 2.45) is 5.73 Å². The molecule has 1 amide bonds. The molecule has 1 aromatic carbocycles. The van der Waals surface area contributed by atoms with Crippen LogP contribution in [0.3, 0.4) is 0 Å². The smallest absolute Gasteiger partial charge is 0.241 e. The third-order valence-corrected chi connectivity index (χ3v) is 3.30. The predicted octanol–water partition coefficient (Wildman–Crippen LogP) is 1.33. The van der Waals surface area contributed by atoms with E-state index in [1.54, 1.807) is 12.0 Å². The maximum absolute atomic E-state index is 12.1. The zero-order chi connectivity index (χ0) is 15.0. The normalized spacial score (nSPS) is 10.2. The van der Waals surface area contributed by atoms with Crippen LogP contribution in [0.15, 0.2) is 24.3 Å². The van der Waals surface area contributed by atoms with Gasteiger partial charge in [-0.25, -0.2) is 0 Å². The fourth-order valence-corrected chi connectivity index (χ4v) is 1.83. The van der Waals surface area contributed by atoms with E-state index in [1.165, 1.54) is 0 Å². The number of likely N-dealkylation sites (N-methyl/N-ethyl adjacent to an activating group) is 1. The van der Waals surface area contributed by atoms with Gasteiger partial charge in [-0.15, -0.1) is 0 Å². The van der Waals surface area contributed by atoms with Crippen LogP contribution in [0, 0.1) is 0 Å². The summed E-state index contributed by atoms with van der Waals surface area (Å²) in [6, 6.07) is 7.74. The fraction of sp³-hybridized carbons (Fsp3) is 0.533. The van der Waals surface area contributed by atoms with E-state index in [1.807, 2.05) is 38.2 Å². The summed E-state index contributed by atoms with van der Waals surface area (Å²) in [5.41, 5.74) is 6.59. The molecule has 5 heteroatoms. The van der Waals surface area contributed by atoms with Crippen molar-refractivity contribution < 1.29 is 9.53 Å². The Hall–Kier alpha value is -1.75. The first-order chi connectivity index (χ1) is 9.62. The molecule has 0 unspecified atom stereocenters. The minimum absolute atomic E-state index is 0.111. The van der Waals surface area contributed by atoms with Crippen molar-refractivity contribution in [3.63, 3.8) is 0 Å². The van der Waals surface area contributed by atoms with Crippen molar-refractivity contribution in [2.45, 2.75) is 13.3 Å². The Labute approximate surface area is 121 Å². The molecule has 0 saturated carbocycles. The monoisotopic (exact) mass is 279 g/mol. The summed E-state index contributed by atoms with van der Waals surface area (Å²) in [5, 5.41) is 0.